The Labute approximate surface area is 190 Å². The molecule has 0 N–H and O–H groups in total. The van der Waals surface area contributed by atoms with Gasteiger partial charge in [-0.1, -0.05) is 0 Å². The molecule has 1 aromatic heterocycles. The molecule has 0 saturated carbocycles. The first-order valence-corrected chi connectivity index (χ1v) is 9.45. The number of rotatable bonds is 5. The first-order chi connectivity index (χ1) is 14.6. The van der Waals surface area contributed by atoms with Crippen molar-refractivity contribution in [2.45, 2.75) is 13.2 Å². The minimum absolute atomic E-state index is 0. The van der Waals surface area contributed by atoms with Crippen molar-refractivity contribution < 1.29 is 44.9 Å². The summed E-state index contributed by atoms with van der Waals surface area (Å²) in [7, 11) is 3.09. The van der Waals surface area contributed by atoms with Crippen LogP contribution in [-0.4, -0.2) is 20.0 Å². The third-order valence-electron chi connectivity index (χ3n) is 4.95. The number of ether oxygens (including phenoxy) is 3. The van der Waals surface area contributed by atoms with Gasteiger partial charge in [0.1, 0.15) is 12.4 Å². The topological polar surface area (TPSA) is 48.6 Å². The van der Waals surface area contributed by atoms with E-state index in [2.05, 4.69) is 0 Å². The minimum Gasteiger partial charge on any atom is -1.00 e. The van der Waals surface area contributed by atoms with Crippen molar-refractivity contribution in [3.8, 4) is 11.5 Å². The normalized spacial score (nSPS) is 13.8. The number of fused-ring (bicyclic) bond motifs is 1. The van der Waals surface area contributed by atoms with Gasteiger partial charge in [0.25, 0.3) is 0 Å². The summed E-state index contributed by atoms with van der Waals surface area (Å²) in [6.07, 6.45) is 5.54. The van der Waals surface area contributed by atoms with Crippen LogP contribution < -0.4 is 31.0 Å². The summed E-state index contributed by atoms with van der Waals surface area (Å²) >= 11 is 0. The fourth-order valence-electron chi connectivity index (χ4n) is 3.34. The van der Waals surface area contributed by atoms with Crippen LogP contribution in [-0.2, 0) is 17.9 Å². The first-order valence-electron chi connectivity index (χ1n) is 9.45. The van der Waals surface area contributed by atoms with Gasteiger partial charge in [-0.3, -0.25) is 4.79 Å². The Bertz CT molecular complexity index is 1110. The Balaban J connectivity index is 0.00000272. The van der Waals surface area contributed by atoms with Crippen LogP contribution in [0.2, 0.25) is 0 Å². The Morgan fingerprint density at radius 1 is 1.03 bits per heavy atom. The number of nitrogens with zero attached hydrogens (tertiary/aromatic N) is 1. The summed E-state index contributed by atoms with van der Waals surface area (Å²) in [6, 6.07) is 13.7. The number of pyridine rings is 1. The molecule has 3 aromatic rings. The van der Waals surface area contributed by atoms with Crippen LogP contribution in [0, 0.1) is 5.82 Å². The van der Waals surface area contributed by atoms with Gasteiger partial charge in [-0.2, -0.15) is 0 Å². The summed E-state index contributed by atoms with van der Waals surface area (Å²) < 4.78 is 31.3. The molecule has 160 valence electrons. The lowest BCUT2D eigenvalue weighted by Crippen LogP contribution is -3.00. The van der Waals surface area contributed by atoms with Gasteiger partial charge in [0.15, 0.2) is 36.2 Å². The van der Waals surface area contributed by atoms with Gasteiger partial charge in [-0.25, -0.2) is 8.96 Å². The highest BCUT2D eigenvalue weighted by atomic mass is 79.9. The molecule has 2 aromatic carbocycles. The third kappa shape index (κ3) is 4.94. The molecule has 1 aliphatic heterocycles. The first kappa shape index (κ1) is 22.5. The number of halogens is 2. The molecule has 0 aliphatic carbocycles. The van der Waals surface area contributed by atoms with Crippen LogP contribution in [0.25, 0.3) is 6.08 Å². The van der Waals surface area contributed by atoms with Crippen LogP contribution >= 0.6 is 0 Å². The van der Waals surface area contributed by atoms with E-state index >= 15 is 0 Å². The quantitative estimate of drug-likeness (QED) is 0.398. The van der Waals surface area contributed by atoms with E-state index in [1.165, 1.54) is 19.2 Å². The molecule has 0 amide bonds. The minimum atomic E-state index is -0.250. The van der Waals surface area contributed by atoms with Gasteiger partial charge in [0, 0.05) is 28.8 Å². The molecular formula is C24H21BrFNO4. The van der Waals surface area contributed by atoms with E-state index in [9.17, 15) is 9.18 Å². The number of hydrogen-bond acceptors (Lipinski definition) is 4. The number of carbonyl (C=O) groups excluding carboxylic acids is 1. The van der Waals surface area contributed by atoms with Crippen molar-refractivity contribution in [1.29, 1.82) is 0 Å². The van der Waals surface area contributed by atoms with Crippen molar-refractivity contribution >= 4 is 11.9 Å². The zero-order chi connectivity index (χ0) is 21.1. The van der Waals surface area contributed by atoms with Gasteiger partial charge in [-0.05, 0) is 48.0 Å². The van der Waals surface area contributed by atoms with Gasteiger partial charge < -0.3 is 31.2 Å². The Morgan fingerprint density at radius 2 is 1.68 bits per heavy atom. The van der Waals surface area contributed by atoms with E-state index in [4.69, 9.17) is 14.2 Å². The van der Waals surface area contributed by atoms with Crippen LogP contribution in [0.5, 0.6) is 11.5 Å². The molecule has 0 unspecified atom stereocenters. The van der Waals surface area contributed by atoms with E-state index in [0.717, 1.165) is 16.7 Å². The van der Waals surface area contributed by atoms with E-state index < -0.39 is 0 Å². The number of ketones is 1. The maximum atomic E-state index is 13.0. The lowest BCUT2D eigenvalue weighted by Gasteiger charge is -2.20. The van der Waals surface area contributed by atoms with Crippen LogP contribution in [0.15, 0.2) is 66.7 Å². The van der Waals surface area contributed by atoms with Crippen molar-refractivity contribution in [2.24, 2.45) is 0 Å². The average molecular weight is 486 g/mol. The van der Waals surface area contributed by atoms with Crippen LogP contribution in [0.3, 0.4) is 0 Å². The standard InChI is InChI=1S/C24H21FNO4.BrH/c1-28-21-12-18-15-30-23(24(27)20(18)13-22(21)29-2)11-16-7-9-26(10-8-16)14-17-3-5-19(25)6-4-17;/h3-13H,14-15H2,1-2H3;1H/q+1;/p-1/b23-11-;. The highest BCUT2D eigenvalue weighted by Gasteiger charge is 2.26. The average Bonchev–Trinajstić information content (AvgIpc) is 2.77. The summed E-state index contributed by atoms with van der Waals surface area (Å²) in [6.45, 7) is 0.909. The fourth-order valence-corrected chi connectivity index (χ4v) is 3.34. The monoisotopic (exact) mass is 485 g/mol. The molecule has 2 heterocycles. The molecule has 0 fully saturated rings. The zero-order valence-corrected chi connectivity index (χ0v) is 18.7. The SMILES string of the molecule is COc1cc2c(cc1OC)C(=O)/C(=C/c1cc[n+](Cc3ccc(F)cc3)cc1)OC2.[Br-]. The Hall–Kier alpha value is -3.19. The number of hydrogen-bond donors (Lipinski definition) is 0. The van der Waals surface area contributed by atoms with E-state index in [1.54, 1.807) is 37.5 Å². The molecule has 5 nitrogen and oxygen atoms in total. The molecule has 4 rings (SSSR count). The molecule has 7 heteroatoms. The zero-order valence-electron chi connectivity index (χ0n) is 17.1. The van der Waals surface area contributed by atoms with Gasteiger partial charge in [-0.15, -0.1) is 0 Å². The van der Waals surface area contributed by atoms with Crippen LogP contribution in [0.4, 0.5) is 4.39 Å². The molecule has 0 radical (unpaired) electrons. The van der Waals surface area contributed by atoms with E-state index in [0.29, 0.717) is 23.6 Å². The van der Waals surface area contributed by atoms with Crippen LogP contribution in [0.1, 0.15) is 27.0 Å². The number of benzene rings is 2. The fraction of sp³-hybridized carbons (Fsp3) is 0.167. The highest BCUT2D eigenvalue weighted by molar-refractivity contribution is 6.11. The smallest absolute Gasteiger partial charge is 0.228 e. The van der Waals surface area contributed by atoms with Gasteiger partial charge in [0.05, 0.1) is 14.2 Å². The second kappa shape index (κ2) is 9.75. The number of carbonyl (C=O) groups is 1. The Morgan fingerprint density at radius 3 is 2.32 bits per heavy atom. The number of allylic oxidation sites excluding steroid dienone is 1. The second-order valence-electron chi connectivity index (χ2n) is 6.92. The summed E-state index contributed by atoms with van der Waals surface area (Å²) in [4.78, 5) is 12.9. The maximum absolute atomic E-state index is 13.0. The largest absolute Gasteiger partial charge is 1.00 e. The maximum Gasteiger partial charge on any atom is 0.228 e. The predicted molar refractivity (Wildman–Crippen MR) is 109 cm³/mol. The Kier molecular flexibility index (Phi) is 7.07. The summed E-state index contributed by atoms with van der Waals surface area (Å²) in [5, 5.41) is 0. The molecule has 0 atom stereocenters. The van der Waals surface area contributed by atoms with Gasteiger partial charge in [0.2, 0.25) is 5.78 Å². The molecule has 0 saturated heterocycles. The second-order valence-corrected chi connectivity index (χ2v) is 6.92. The van der Waals surface area contributed by atoms with Crippen molar-refractivity contribution in [3.05, 3.63) is 94.8 Å². The molecular weight excluding hydrogens is 465 g/mol. The van der Waals surface area contributed by atoms with Gasteiger partial charge >= 0.3 is 0 Å². The highest BCUT2D eigenvalue weighted by Crippen LogP contribution is 2.34. The van der Waals surface area contributed by atoms with Crippen molar-refractivity contribution in [3.63, 3.8) is 0 Å². The lowest BCUT2D eigenvalue weighted by molar-refractivity contribution is -0.688. The molecule has 31 heavy (non-hydrogen) atoms. The number of aromatic nitrogens is 1. The van der Waals surface area contributed by atoms with Crippen molar-refractivity contribution in [2.75, 3.05) is 14.2 Å². The lowest BCUT2D eigenvalue weighted by atomic mass is 9.98. The summed E-state index contributed by atoms with van der Waals surface area (Å²) in [5.74, 6) is 0.910. The molecule has 1 aliphatic rings. The molecule has 0 spiro atoms. The number of methoxy groups -OCH3 is 2. The van der Waals surface area contributed by atoms with E-state index in [1.807, 2.05) is 29.1 Å². The predicted octanol–water partition coefficient (Wildman–Crippen LogP) is 0.937. The van der Waals surface area contributed by atoms with Crippen molar-refractivity contribution in [1.82, 2.24) is 0 Å². The number of Topliss-reactive ketones (excluding diaryl/α,β-unsaturated/α-hetero) is 1. The summed E-state index contributed by atoms with van der Waals surface area (Å²) in [5.41, 5.74) is 3.16. The van der Waals surface area contributed by atoms with E-state index in [-0.39, 0.29) is 40.9 Å². The third-order valence-corrected chi connectivity index (χ3v) is 4.95. The molecule has 0 bridgehead atoms.